The summed E-state index contributed by atoms with van der Waals surface area (Å²) in [6.07, 6.45) is 3.07. The molecule has 1 saturated carbocycles. The normalized spacial score (nSPS) is 18.3. The minimum absolute atomic E-state index is 0. The molecule has 1 fully saturated rings. The van der Waals surface area contributed by atoms with Gasteiger partial charge in [0.15, 0.2) is 0 Å². The van der Waals surface area contributed by atoms with Gasteiger partial charge in [0.2, 0.25) is 0 Å². The molecule has 20 heavy (non-hydrogen) atoms. The Hall–Kier alpha value is -1.37. The van der Waals surface area contributed by atoms with Crippen LogP contribution in [0.5, 0.6) is 5.75 Å². The summed E-state index contributed by atoms with van der Waals surface area (Å²) in [7, 11) is 0. The molecule has 0 unspecified atom stereocenters. The van der Waals surface area contributed by atoms with E-state index < -0.39 is 17.1 Å². The van der Waals surface area contributed by atoms with Crippen LogP contribution >= 0.6 is 12.4 Å². The van der Waals surface area contributed by atoms with E-state index >= 15 is 0 Å². The fraction of sp³-hybridized carbons (Fsp3) is 0.538. The number of aliphatic hydroxyl groups is 1. The number of hydrogen-bond donors (Lipinski definition) is 3. The third-order valence-electron chi connectivity index (χ3n) is 3.82. The van der Waals surface area contributed by atoms with Crippen molar-refractivity contribution >= 4 is 18.1 Å². The van der Waals surface area contributed by atoms with Crippen LogP contribution in [-0.2, 0) is 0 Å². The summed E-state index contributed by atoms with van der Waals surface area (Å²) in [5.41, 5.74) is 5.98. The fourth-order valence-corrected chi connectivity index (χ4v) is 2.75. The van der Waals surface area contributed by atoms with Gasteiger partial charge in [0, 0.05) is 6.07 Å². The van der Waals surface area contributed by atoms with E-state index in [1.165, 1.54) is 18.2 Å². The number of aliphatic hydroxyl groups excluding tert-OH is 1. The number of hydrogen-bond acceptors (Lipinski definition) is 5. The van der Waals surface area contributed by atoms with Crippen LogP contribution in [0, 0.1) is 16.0 Å². The Bertz CT molecular complexity index is 477. The Morgan fingerprint density at radius 2 is 1.95 bits per heavy atom. The van der Waals surface area contributed by atoms with E-state index in [-0.39, 0.29) is 35.3 Å². The van der Waals surface area contributed by atoms with Gasteiger partial charge in [-0.1, -0.05) is 12.8 Å². The van der Waals surface area contributed by atoms with E-state index in [0.717, 1.165) is 25.7 Å². The van der Waals surface area contributed by atoms with E-state index in [2.05, 4.69) is 0 Å². The van der Waals surface area contributed by atoms with Gasteiger partial charge in [0.25, 0.3) is 5.69 Å². The quantitative estimate of drug-likeness (QED) is 0.584. The molecule has 0 amide bonds. The van der Waals surface area contributed by atoms with Crippen molar-refractivity contribution in [2.45, 2.75) is 37.8 Å². The number of rotatable bonds is 4. The first kappa shape index (κ1) is 16.7. The van der Waals surface area contributed by atoms with Gasteiger partial charge in [0.05, 0.1) is 22.6 Å². The first-order valence-corrected chi connectivity index (χ1v) is 6.41. The number of nitrogens with zero attached hydrogens (tertiary/aromatic N) is 1. The zero-order valence-electron chi connectivity index (χ0n) is 10.9. The van der Waals surface area contributed by atoms with Crippen LogP contribution in [0.4, 0.5) is 5.69 Å². The monoisotopic (exact) mass is 302 g/mol. The molecular formula is C13H19ClN2O4. The minimum atomic E-state index is -0.851. The zero-order valence-corrected chi connectivity index (χ0v) is 11.8. The molecule has 1 aromatic rings. The van der Waals surface area contributed by atoms with Crippen molar-refractivity contribution in [3.63, 3.8) is 0 Å². The second-order valence-corrected chi connectivity index (χ2v) is 5.06. The highest BCUT2D eigenvalue weighted by Crippen LogP contribution is 2.36. The predicted molar refractivity (Wildman–Crippen MR) is 76.9 cm³/mol. The Morgan fingerprint density at radius 1 is 1.35 bits per heavy atom. The van der Waals surface area contributed by atoms with Gasteiger partial charge >= 0.3 is 0 Å². The van der Waals surface area contributed by atoms with E-state index in [9.17, 15) is 20.3 Å². The van der Waals surface area contributed by atoms with Gasteiger partial charge in [-0.25, -0.2) is 0 Å². The van der Waals surface area contributed by atoms with Crippen molar-refractivity contribution in [3.8, 4) is 5.75 Å². The third-order valence-corrected chi connectivity index (χ3v) is 3.82. The number of nitro benzene ring substituents is 1. The van der Waals surface area contributed by atoms with Crippen molar-refractivity contribution in [1.29, 1.82) is 0 Å². The highest BCUT2D eigenvalue weighted by Gasteiger charge is 2.32. The van der Waals surface area contributed by atoms with Gasteiger partial charge < -0.3 is 15.9 Å². The smallest absolute Gasteiger partial charge is 0.274 e. The lowest BCUT2D eigenvalue weighted by Crippen LogP contribution is -2.32. The second-order valence-electron chi connectivity index (χ2n) is 5.06. The van der Waals surface area contributed by atoms with Crippen molar-refractivity contribution in [3.05, 3.63) is 33.9 Å². The maximum absolute atomic E-state index is 11.0. The van der Waals surface area contributed by atoms with E-state index in [0.29, 0.717) is 0 Å². The first-order chi connectivity index (χ1) is 9.00. The molecule has 0 saturated heterocycles. The molecule has 112 valence electrons. The van der Waals surface area contributed by atoms with Crippen molar-refractivity contribution in [2.75, 3.05) is 0 Å². The van der Waals surface area contributed by atoms with Crippen LogP contribution in [0.2, 0.25) is 0 Å². The third kappa shape index (κ3) is 3.39. The molecule has 0 bridgehead atoms. The summed E-state index contributed by atoms with van der Waals surface area (Å²) in [6, 6.07) is 2.87. The predicted octanol–water partition coefficient (Wildman–Crippen LogP) is 2.27. The van der Waals surface area contributed by atoms with Crippen molar-refractivity contribution < 1.29 is 15.1 Å². The van der Waals surface area contributed by atoms with Crippen LogP contribution < -0.4 is 5.73 Å². The summed E-state index contributed by atoms with van der Waals surface area (Å²) in [5, 5.41) is 30.7. The highest BCUT2D eigenvalue weighted by atomic mass is 35.5. The largest absolute Gasteiger partial charge is 0.508 e. The summed E-state index contributed by atoms with van der Waals surface area (Å²) in [6.45, 7) is 0. The topological polar surface area (TPSA) is 110 Å². The summed E-state index contributed by atoms with van der Waals surface area (Å²) < 4.78 is 0. The van der Waals surface area contributed by atoms with Crippen LogP contribution in [-0.4, -0.2) is 21.2 Å². The molecule has 0 aliphatic heterocycles. The van der Waals surface area contributed by atoms with E-state index in [4.69, 9.17) is 5.73 Å². The number of benzene rings is 1. The lowest BCUT2D eigenvalue weighted by atomic mass is 9.90. The summed E-state index contributed by atoms with van der Waals surface area (Å²) >= 11 is 0. The fourth-order valence-electron chi connectivity index (χ4n) is 2.75. The van der Waals surface area contributed by atoms with Crippen LogP contribution in [0.15, 0.2) is 18.2 Å². The van der Waals surface area contributed by atoms with Gasteiger partial charge in [-0.3, -0.25) is 10.1 Å². The van der Waals surface area contributed by atoms with Gasteiger partial charge in [0.1, 0.15) is 5.75 Å². The molecule has 1 aliphatic rings. The van der Waals surface area contributed by atoms with E-state index in [1.54, 1.807) is 0 Å². The maximum atomic E-state index is 11.0. The Balaban J connectivity index is 0.00000200. The molecule has 0 aromatic heterocycles. The molecule has 6 nitrogen and oxygen atoms in total. The molecule has 0 radical (unpaired) electrons. The molecule has 2 rings (SSSR count). The second kappa shape index (κ2) is 6.88. The molecule has 1 aliphatic carbocycles. The highest BCUT2D eigenvalue weighted by molar-refractivity contribution is 5.85. The Labute approximate surface area is 123 Å². The lowest BCUT2D eigenvalue weighted by Gasteiger charge is -2.24. The van der Waals surface area contributed by atoms with Gasteiger partial charge in [-0.05, 0) is 30.9 Å². The van der Waals surface area contributed by atoms with Crippen molar-refractivity contribution in [1.82, 2.24) is 0 Å². The van der Waals surface area contributed by atoms with Crippen LogP contribution in [0.25, 0.3) is 0 Å². The maximum Gasteiger partial charge on any atom is 0.274 e. The molecule has 0 spiro atoms. The molecular weight excluding hydrogens is 284 g/mol. The summed E-state index contributed by atoms with van der Waals surface area (Å²) in [5.74, 6) is -0.00775. The Kier molecular flexibility index (Phi) is 5.74. The van der Waals surface area contributed by atoms with Crippen molar-refractivity contribution in [2.24, 2.45) is 11.7 Å². The SMILES string of the molecule is Cl.N[C@@H](c1cc(O)ccc1[N+](=O)[O-])[C@H](O)C1CCCC1. The van der Waals surface area contributed by atoms with Crippen LogP contribution in [0.1, 0.15) is 37.3 Å². The molecule has 1 aromatic carbocycles. The average Bonchev–Trinajstić information content (AvgIpc) is 2.90. The minimum Gasteiger partial charge on any atom is -0.508 e. The Morgan fingerprint density at radius 3 is 2.50 bits per heavy atom. The van der Waals surface area contributed by atoms with Gasteiger partial charge in [-0.2, -0.15) is 0 Å². The summed E-state index contributed by atoms with van der Waals surface area (Å²) in [4.78, 5) is 10.4. The molecule has 4 N–H and O–H groups in total. The number of phenolic OH excluding ortho intramolecular Hbond substituents is 1. The van der Waals surface area contributed by atoms with E-state index in [1.807, 2.05) is 0 Å². The number of nitrogens with two attached hydrogens (primary N) is 1. The number of aromatic hydroxyl groups is 1. The number of nitro groups is 1. The molecule has 0 heterocycles. The molecule has 2 atom stereocenters. The number of halogens is 1. The molecule has 7 heteroatoms. The van der Waals surface area contributed by atoms with Gasteiger partial charge in [-0.15, -0.1) is 12.4 Å². The lowest BCUT2D eigenvalue weighted by molar-refractivity contribution is -0.385. The van der Waals surface area contributed by atoms with Crippen LogP contribution in [0.3, 0.4) is 0 Å². The average molecular weight is 303 g/mol. The zero-order chi connectivity index (χ0) is 14.0. The standard InChI is InChI=1S/C13H18N2O4.ClH/c14-12(13(17)8-3-1-2-4-8)10-7-9(16)5-6-11(10)15(18)19;/h5-8,12-13,16-17H,1-4,14H2;1H/t12-,13+;/m0./s1. The first-order valence-electron chi connectivity index (χ1n) is 6.41. The number of phenols is 1.